The first-order valence-corrected chi connectivity index (χ1v) is 7.38. The third-order valence-corrected chi connectivity index (χ3v) is 3.35. The van der Waals surface area contributed by atoms with Crippen LogP contribution in [0, 0.1) is 5.82 Å². The van der Waals surface area contributed by atoms with Crippen LogP contribution in [0.1, 0.15) is 36.0 Å². The van der Waals surface area contributed by atoms with Crippen LogP contribution in [0.4, 0.5) is 4.39 Å². The number of carboxylic acid groups (broad SMARTS) is 1. The molecule has 0 aromatic heterocycles. The monoisotopic (exact) mass is 337 g/mol. The van der Waals surface area contributed by atoms with Gasteiger partial charge in [-0.15, -0.1) is 6.58 Å². The molecule has 0 saturated carbocycles. The Morgan fingerprint density at radius 2 is 2.08 bits per heavy atom. The molecule has 0 bridgehead atoms. The molecule has 6 nitrogen and oxygen atoms in total. The van der Waals surface area contributed by atoms with E-state index in [9.17, 15) is 18.8 Å². The van der Waals surface area contributed by atoms with Crippen molar-refractivity contribution in [3.05, 3.63) is 42.2 Å². The number of hydrogen-bond acceptors (Lipinski definition) is 4. The molecular formula is C17H20FNO5. The van der Waals surface area contributed by atoms with E-state index in [1.54, 1.807) is 6.08 Å². The predicted octanol–water partition coefficient (Wildman–Crippen LogP) is 2.33. The maximum Gasteiger partial charge on any atom is 0.326 e. The number of allylic oxidation sites excluding steroid dienone is 1. The highest BCUT2D eigenvalue weighted by Gasteiger charge is 2.19. The third-order valence-electron chi connectivity index (χ3n) is 3.35. The van der Waals surface area contributed by atoms with E-state index in [1.165, 1.54) is 19.2 Å². The summed E-state index contributed by atoms with van der Waals surface area (Å²) in [6.45, 7) is 3.49. The van der Waals surface area contributed by atoms with Crippen molar-refractivity contribution in [2.45, 2.75) is 31.7 Å². The fourth-order valence-corrected chi connectivity index (χ4v) is 2.02. The van der Waals surface area contributed by atoms with Gasteiger partial charge in [-0.1, -0.05) is 6.08 Å². The number of carbonyl (C=O) groups excluding carboxylic acids is 2. The molecule has 24 heavy (non-hydrogen) atoms. The minimum atomic E-state index is -1.14. The van der Waals surface area contributed by atoms with Crippen molar-refractivity contribution in [2.75, 3.05) is 7.11 Å². The highest BCUT2D eigenvalue weighted by Crippen LogP contribution is 2.18. The molecule has 0 heterocycles. The first-order chi connectivity index (χ1) is 11.4. The normalized spacial score (nSPS) is 11.4. The molecule has 1 aromatic carbocycles. The van der Waals surface area contributed by atoms with E-state index in [1.807, 2.05) is 0 Å². The van der Waals surface area contributed by atoms with Crippen LogP contribution in [-0.4, -0.2) is 35.9 Å². The smallest absolute Gasteiger partial charge is 0.326 e. The van der Waals surface area contributed by atoms with Crippen LogP contribution in [0.15, 0.2) is 30.9 Å². The fraction of sp³-hybridized carbons (Fsp3) is 0.353. The lowest BCUT2D eigenvalue weighted by atomic mass is 10.1. The van der Waals surface area contributed by atoms with Crippen molar-refractivity contribution < 1.29 is 28.6 Å². The van der Waals surface area contributed by atoms with Crippen LogP contribution in [0.25, 0.3) is 0 Å². The van der Waals surface area contributed by atoms with Crippen molar-refractivity contribution >= 4 is 17.7 Å². The van der Waals surface area contributed by atoms with Crippen LogP contribution >= 0.6 is 0 Å². The zero-order valence-electron chi connectivity index (χ0n) is 13.4. The number of amides is 1. The summed E-state index contributed by atoms with van der Waals surface area (Å²) in [6, 6.07) is 2.76. The minimum Gasteiger partial charge on any atom is -0.494 e. The van der Waals surface area contributed by atoms with Gasteiger partial charge in [-0.2, -0.15) is 0 Å². The molecule has 0 aliphatic rings. The first kappa shape index (κ1) is 19.3. The van der Waals surface area contributed by atoms with Gasteiger partial charge < -0.3 is 15.2 Å². The van der Waals surface area contributed by atoms with Crippen molar-refractivity contribution in [1.29, 1.82) is 0 Å². The second-order valence-electron chi connectivity index (χ2n) is 5.10. The van der Waals surface area contributed by atoms with Gasteiger partial charge in [0, 0.05) is 18.4 Å². The maximum absolute atomic E-state index is 13.6. The Hall–Kier alpha value is -2.70. The minimum absolute atomic E-state index is 0.0239. The molecule has 0 saturated heterocycles. The van der Waals surface area contributed by atoms with Gasteiger partial charge in [0.15, 0.2) is 17.3 Å². The van der Waals surface area contributed by atoms with Gasteiger partial charge in [-0.05, 0) is 31.0 Å². The van der Waals surface area contributed by atoms with E-state index in [4.69, 9.17) is 9.84 Å². The standard InChI is InChI=1S/C17H20FNO5/c1-3-4-5-13(17(22)23)19-16(21)9-7-14(20)11-6-8-15(24-2)12(18)10-11/h3,6,8,10,13H,1,4-5,7,9H2,2H3,(H,19,21)(H,22,23). The average molecular weight is 337 g/mol. The third kappa shape index (κ3) is 5.83. The zero-order valence-corrected chi connectivity index (χ0v) is 13.4. The Morgan fingerprint density at radius 3 is 2.62 bits per heavy atom. The lowest BCUT2D eigenvalue weighted by Gasteiger charge is -2.13. The van der Waals surface area contributed by atoms with Gasteiger partial charge in [0.1, 0.15) is 6.04 Å². The van der Waals surface area contributed by atoms with E-state index in [2.05, 4.69) is 11.9 Å². The lowest BCUT2D eigenvalue weighted by Crippen LogP contribution is -2.40. The molecular weight excluding hydrogens is 317 g/mol. The number of hydrogen-bond donors (Lipinski definition) is 2. The Labute approximate surface area is 139 Å². The number of halogens is 1. The van der Waals surface area contributed by atoms with Crippen molar-refractivity contribution in [3.8, 4) is 5.75 Å². The van der Waals surface area contributed by atoms with Crippen molar-refractivity contribution in [1.82, 2.24) is 5.32 Å². The second-order valence-corrected chi connectivity index (χ2v) is 5.10. The molecule has 1 unspecified atom stereocenters. The highest BCUT2D eigenvalue weighted by atomic mass is 19.1. The molecule has 0 spiro atoms. The van der Waals surface area contributed by atoms with Crippen molar-refractivity contribution in [2.24, 2.45) is 0 Å². The number of rotatable bonds is 10. The van der Waals surface area contributed by atoms with Gasteiger partial charge in [-0.3, -0.25) is 9.59 Å². The van der Waals surface area contributed by atoms with Crippen LogP contribution < -0.4 is 10.1 Å². The Kier molecular flexibility index (Phi) is 7.61. The molecule has 1 aromatic rings. The van der Waals surface area contributed by atoms with Crippen molar-refractivity contribution in [3.63, 3.8) is 0 Å². The summed E-state index contributed by atoms with van der Waals surface area (Å²) in [5.41, 5.74) is 0.127. The highest BCUT2D eigenvalue weighted by molar-refractivity contribution is 5.98. The Balaban J connectivity index is 2.56. The molecule has 1 amide bonds. The number of aliphatic carboxylic acids is 1. The van der Waals surface area contributed by atoms with Crippen LogP contribution in [0.3, 0.4) is 0 Å². The Bertz CT molecular complexity index is 629. The summed E-state index contributed by atoms with van der Waals surface area (Å²) in [6.07, 6.45) is 1.91. The number of Topliss-reactive ketones (excluding diaryl/α,β-unsaturated/α-hetero) is 1. The van der Waals surface area contributed by atoms with E-state index in [0.717, 1.165) is 6.07 Å². The van der Waals surface area contributed by atoms with E-state index in [-0.39, 0.29) is 30.6 Å². The van der Waals surface area contributed by atoms with Gasteiger partial charge in [0.05, 0.1) is 7.11 Å². The molecule has 0 fully saturated rings. The number of nitrogens with one attached hydrogen (secondary N) is 1. The molecule has 0 aliphatic carbocycles. The van der Waals surface area contributed by atoms with Gasteiger partial charge in [-0.25, -0.2) is 9.18 Å². The number of ketones is 1. The molecule has 130 valence electrons. The molecule has 1 rings (SSSR count). The number of carboxylic acids is 1. The van der Waals surface area contributed by atoms with Gasteiger partial charge >= 0.3 is 5.97 Å². The molecule has 0 aliphatic heterocycles. The zero-order chi connectivity index (χ0) is 18.1. The van der Waals surface area contributed by atoms with Gasteiger partial charge in [0.2, 0.25) is 5.91 Å². The van der Waals surface area contributed by atoms with E-state index in [0.29, 0.717) is 6.42 Å². The molecule has 1 atom stereocenters. The quantitative estimate of drug-likeness (QED) is 0.505. The number of benzene rings is 1. The predicted molar refractivity (Wildman–Crippen MR) is 85.5 cm³/mol. The maximum atomic E-state index is 13.6. The Morgan fingerprint density at radius 1 is 1.38 bits per heavy atom. The first-order valence-electron chi connectivity index (χ1n) is 7.38. The topological polar surface area (TPSA) is 92.7 Å². The number of carbonyl (C=O) groups is 3. The summed E-state index contributed by atoms with van der Waals surface area (Å²) < 4.78 is 18.3. The molecule has 0 radical (unpaired) electrons. The van der Waals surface area contributed by atoms with Crippen LogP contribution in [0.2, 0.25) is 0 Å². The largest absolute Gasteiger partial charge is 0.494 e. The van der Waals surface area contributed by atoms with E-state index >= 15 is 0 Å². The van der Waals surface area contributed by atoms with Gasteiger partial charge in [0.25, 0.3) is 0 Å². The fourth-order valence-electron chi connectivity index (χ4n) is 2.02. The van der Waals surface area contributed by atoms with Crippen LogP contribution in [0.5, 0.6) is 5.75 Å². The summed E-state index contributed by atoms with van der Waals surface area (Å²) in [5.74, 6) is -2.74. The van der Waals surface area contributed by atoms with Crippen LogP contribution in [-0.2, 0) is 9.59 Å². The average Bonchev–Trinajstić information content (AvgIpc) is 2.55. The number of methoxy groups -OCH3 is 1. The summed E-state index contributed by atoms with van der Waals surface area (Å²) in [7, 11) is 1.31. The van der Waals surface area contributed by atoms with E-state index < -0.39 is 29.5 Å². The molecule has 2 N–H and O–H groups in total. The second kappa shape index (κ2) is 9.44. The lowest BCUT2D eigenvalue weighted by molar-refractivity contribution is -0.142. The summed E-state index contributed by atoms with van der Waals surface area (Å²) in [4.78, 5) is 34.8. The number of ether oxygens (including phenoxy) is 1. The molecule has 7 heteroatoms. The summed E-state index contributed by atoms with van der Waals surface area (Å²) >= 11 is 0. The summed E-state index contributed by atoms with van der Waals surface area (Å²) in [5, 5.41) is 11.4. The SMILES string of the molecule is C=CCCC(NC(=O)CCC(=O)c1ccc(OC)c(F)c1)C(=O)O.